The lowest BCUT2D eigenvalue weighted by atomic mass is 10.2. The highest BCUT2D eigenvalue weighted by Crippen LogP contribution is 2.40. The quantitative estimate of drug-likeness (QED) is 0.654. The fraction of sp³-hybridized carbons (Fsp3) is 0.778. The summed E-state index contributed by atoms with van der Waals surface area (Å²) >= 11 is 0. The lowest BCUT2D eigenvalue weighted by Crippen LogP contribution is -2.25. The Hall–Kier alpha value is -1.06. The minimum absolute atomic E-state index is 0.389. The molecule has 1 rings (SSSR count). The Balaban J connectivity index is 2.40. The molecule has 0 spiro atoms. The van der Waals surface area contributed by atoms with Crippen molar-refractivity contribution in [2.24, 2.45) is 11.8 Å². The number of rotatable bonds is 2. The van der Waals surface area contributed by atoms with Crippen molar-refractivity contribution in [1.29, 1.82) is 0 Å². The molecule has 0 amide bonds. The fourth-order valence-corrected chi connectivity index (χ4v) is 1.11. The molecule has 0 aromatic heterocycles. The smallest absolute Gasteiger partial charge is 0.310 e. The summed E-state index contributed by atoms with van der Waals surface area (Å²) in [6, 6.07) is 0. The number of hydrogen-bond acceptors (Lipinski definition) is 3. The molecule has 0 saturated heterocycles. The summed E-state index contributed by atoms with van der Waals surface area (Å²) in [6.45, 7) is 5.30. The van der Waals surface area contributed by atoms with Crippen LogP contribution < -0.4 is 0 Å². The van der Waals surface area contributed by atoms with E-state index in [0.717, 1.165) is 0 Å². The van der Waals surface area contributed by atoms with Crippen LogP contribution in [0, 0.1) is 11.8 Å². The van der Waals surface area contributed by atoms with Gasteiger partial charge in [0.25, 0.3) is 0 Å². The molecule has 0 heterocycles. The lowest BCUT2D eigenvalue weighted by Gasteiger charge is -2.19. The third-order valence-electron chi connectivity index (χ3n) is 1.82. The van der Waals surface area contributed by atoms with E-state index in [1.807, 2.05) is 0 Å². The van der Waals surface area contributed by atoms with Crippen LogP contribution in [0.4, 0.5) is 0 Å². The largest absolute Gasteiger partial charge is 0.481 e. The Morgan fingerprint density at radius 1 is 1.31 bits per heavy atom. The van der Waals surface area contributed by atoms with E-state index in [-0.39, 0.29) is 5.97 Å². The number of carboxylic acids is 1. The van der Waals surface area contributed by atoms with Crippen LogP contribution in [0.3, 0.4) is 0 Å². The SMILES string of the molecule is CC(C)(C)OC(=O)C1CC1C(=O)O. The predicted octanol–water partition coefficient (Wildman–Crippen LogP) is 1.05. The van der Waals surface area contributed by atoms with E-state index in [0.29, 0.717) is 6.42 Å². The monoisotopic (exact) mass is 186 g/mol. The maximum absolute atomic E-state index is 11.3. The molecule has 74 valence electrons. The number of carboxylic acid groups (broad SMARTS) is 1. The second-order valence-electron chi connectivity index (χ2n) is 4.32. The van der Waals surface area contributed by atoms with Crippen molar-refractivity contribution in [2.45, 2.75) is 32.8 Å². The first-order valence-electron chi connectivity index (χ1n) is 4.27. The predicted molar refractivity (Wildman–Crippen MR) is 45.1 cm³/mol. The second kappa shape index (κ2) is 3.01. The summed E-state index contributed by atoms with van der Waals surface area (Å²) in [5.41, 5.74) is -0.525. The van der Waals surface area contributed by atoms with Gasteiger partial charge in [-0.3, -0.25) is 9.59 Å². The third-order valence-corrected chi connectivity index (χ3v) is 1.82. The van der Waals surface area contributed by atoms with Crippen LogP contribution in [-0.2, 0) is 14.3 Å². The van der Waals surface area contributed by atoms with E-state index in [4.69, 9.17) is 9.84 Å². The zero-order valence-corrected chi connectivity index (χ0v) is 8.03. The van der Waals surface area contributed by atoms with Gasteiger partial charge in [-0.2, -0.15) is 0 Å². The van der Waals surface area contributed by atoms with Gasteiger partial charge >= 0.3 is 11.9 Å². The van der Waals surface area contributed by atoms with Gasteiger partial charge in [-0.25, -0.2) is 0 Å². The standard InChI is InChI=1S/C9H14O4/c1-9(2,3)13-8(12)6-4-5(6)7(10)11/h5-6H,4H2,1-3H3,(H,10,11). The van der Waals surface area contributed by atoms with Crippen molar-refractivity contribution >= 4 is 11.9 Å². The molecule has 1 saturated carbocycles. The van der Waals surface area contributed by atoms with Gasteiger partial charge in [-0.05, 0) is 27.2 Å². The molecule has 13 heavy (non-hydrogen) atoms. The van der Waals surface area contributed by atoms with Gasteiger partial charge in [0.1, 0.15) is 5.60 Å². The summed E-state index contributed by atoms with van der Waals surface area (Å²) in [6.07, 6.45) is 0.421. The van der Waals surface area contributed by atoms with Gasteiger partial charge in [0.2, 0.25) is 0 Å². The van der Waals surface area contributed by atoms with Gasteiger partial charge in [-0.1, -0.05) is 0 Å². The number of carbonyl (C=O) groups is 2. The second-order valence-corrected chi connectivity index (χ2v) is 4.32. The Bertz CT molecular complexity index is 238. The van der Waals surface area contributed by atoms with Crippen molar-refractivity contribution in [1.82, 2.24) is 0 Å². The summed E-state index contributed by atoms with van der Waals surface area (Å²) in [7, 11) is 0. The van der Waals surface area contributed by atoms with E-state index in [1.54, 1.807) is 20.8 Å². The van der Waals surface area contributed by atoms with Crippen LogP contribution in [0.15, 0.2) is 0 Å². The first-order chi connectivity index (χ1) is 5.81. The Labute approximate surface area is 76.9 Å². The highest BCUT2D eigenvalue weighted by atomic mass is 16.6. The van der Waals surface area contributed by atoms with Gasteiger partial charge in [0.05, 0.1) is 11.8 Å². The molecule has 1 aliphatic carbocycles. The van der Waals surface area contributed by atoms with Crippen molar-refractivity contribution in [3.8, 4) is 0 Å². The highest BCUT2D eigenvalue weighted by Gasteiger charge is 2.50. The molecule has 1 aliphatic rings. The Morgan fingerprint density at radius 3 is 2.15 bits per heavy atom. The van der Waals surface area contributed by atoms with Crippen molar-refractivity contribution in [2.75, 3.05) is 0 Å². The molecule has 2 unspecified atom stereocenters. The number of aliphatic carboxylic acids is 1. The molecule has 2 atom stereocenters. The summed E-state index contributed by atoms with van der Waals surface area (Å²) in [5, 5.41) is 8.56. The molecule has 0 aliphatic heterocycles. The molecule has 4 nitrogen and oxygen atoms in total. The first-order valence-corrected chi connectivity index (χ1v) is 4.27. The summed E-state index contributed by atoms with van der Waals surface area (Å²) in [4.78, 5) is 21.7. The van der Waals surface area contributed by atoms with E-state index < -0.39 is 23.4 Å². The minimum atomic E-state index is -0.907. The van der Waals surface area contributed by atoms with Crippen LogP contribution in [0.25, 0.3) is 0 Å². The van der Waals surface area contributed by atoms with E-state index in [9.17, 15) is 9.59 Å². The molecule has 0 bridgehead atoms. The molecular weight excluding hydrogens is 172 g/mol. The number of esters is 1. The van der Waals surface area contributed by atoms with Crippen molar-refractivity contribution in [3.63, 3.8) is 0 Å². The zero-order valence-electron chi connectivity index (χ0n) is 8.03. The molecule has 0 aromatic rings. The number of hydrogen-bond donors (Lipinski definition) is 1. The average Bonchev–Trinajstić information content (AvgIpc) is 2.58. The minimum Gasteiger partial charge on any atom is -0.481 e. The normalized spacial score (nSPS) is 26.7. The highest BCUT2D eigenvalue weighted by molar-refractivity contribution is 5.86. The van der Waals surface area contributed by atoms with E-state index in [1.165, 1.54) is 0 Å². The number of carbonyl (C=O) groups excluding carboxylic acids is 1. The average molecular weight is 186 g/mol. The fourth-order valence-electron chi connectivity index (χ4n) is 1.11. The van der Waals surface area contributed by atoms with E-state index in [2.05, 4.69) is 0 Å². The zero-order chi connectivity index (χ0) is 10.2. The Kier molecular flexibility index (Phi) is 2.32. The topological polar surface area (TPSA) is 63.6 Å². The van der Waals surface area contributed by atoms with Gasteiger partial charge in [0.15, 0.2) is 0 Å². The van der Waals surface area contributed by atoms with Gasteiger partial charge < -0.3 is 9.84 Å². The molecule has 0 aromatic carbocycles. The first kappa shape index (κ1) is 10.0. The van der Waals surface area contributed by atoms with Gasteiger partial charge in [-0.15, -0.1) is 0 Å². The van der Waals surface area contributed by atoms with Gasteiger partial charge in [0, 0.05) is 0 Å². The summed E-state index contributed by atoms with van der Waals surface area (Å²) in [5.74, 6) is -2.23. The van der Waals surface area contributed by atoms with Crippen LogP contribution in [0.2, 0.25) is 0 Å². The van der Waals surface area contributed by atoms with Crippen molar-refractivity contribution < 1.29 is 19.4 Å². The van der Waals surface area contributed by atoms with Crippen LogP contribution in [-0.4, -0.2) is 22.6 Å². The molecule has 4 heteroatoms. The van der Waals surface area contributed by atoms with Crippen LogP contribution >= 0.6 is 0 Å². The number of ether oxygens (including phenoxy) is 1. The van der Waals surface area contributed by atoms with Crippen molar-refractivity contribution in [3.05, 3.63) is 0 Å². The molecule has 1 N–H and O–H groups in total. The maximum Gasteiger partial charge on any atom is 0.310 e. The van der Waals surface area contributed by atoms with E-state index >= 15 is 0 Å². The lowest BCUT2D eigenvalue weighted by molar-refractivity contribution is -0.158. The van der Waals surface area contributed by atoms with Crippen LogP contribution in [0.1, 0.15) is 27.2 Å². The van der Waals surface area contributed by atoms with Crippen LogP contribution in [0.5, 0.6) is 0 Å². The Morgan fingerprint density at radius 2 is 1.85 bits per heavy atom. The molecular formula is C9H14O4. The third kappa shape index (κ3) is 2.72. The molecule has 1 fully saturated rings. The summed E-state index contributed by atoms with van der Waals surface area (Å²) < 4.78 is 5.04. The molecule has 0 radical (unpaired) electrons. The maximum atomic E-state index is 11.3.